The molecule has 1 saturated carbocycles. The molecule has 3 atom stereocenters. The van der Waals surface area contributed by atoms with Crippen molar-refractivity contribution in [3.05, 3.63) is 70.4 Å². The molecule has 1 aromatic heterocycles. The molecule has 0 saturated heterocycles. The molecule has 5 rings (SSSR count). The number of aryl methyl sites for hydroxylation is 2. The average molecular weight is 520 g/mol. The third-order valence-corrected chi connectivity index (χ3v) is 7.57. The number of carbonyl (C=O) groups is 1. The maximum absolute atomic E-state index is 15.2. The lowest BCUT2D eigenvalue weighted by Gasteiger charge is -2.20. The van der Waals surface area contributed by atoms with Gasteiger partial charge in [-0.05, 0) is 93.0 Å². The Kier molecular flexibility index (Phi) is 6.86. The molecular formula is C30H34FN3O4. The number of hydrogen-bond donors (Lipinski definition) is 3. The highest BCUT2D eigenvalue weighted by Gasteiger charge is 2.45. The van der Waals surface area contributed by atoms with Gasteiger partial charge in [-0.15, -0.1) is 0 Å². The predicted molar refractivity (Wildman–Crippen MR) is 143 cm³/mol. The molecule has 7 nitrogen and oxygen atoms in total. The van der Waals surface area contributed by atoms with Gasteiger partial charge in [-0.2, -0.15) is 0 Å². The molecule has 8 heteroatoms. The molecule has 0 radical (unpaired) electrons. The average Bonchev–Trinajstić information content (AvgIpc) is 3.54. The Hall–Kier alpha value is -3.52. The van der Waals surface area contributed by atoms with E-state index < -0.39 is 11.6 Å². The van der Waals surface area contributed by atoms with Crippen LogP contribution < -0.4 is 10.1 Å². The zero-order valence-electron chi connectivity index (χ0n) is 22.2. The van der Waals surface area contributed by atoms with Crippen LogP contribution in [0.25, 0.3) is 11.1 Å². The van der Waals surface area contributed by atoms with Crippen molar-refractivity contribution < 1.29 is 24.1 Å². The minimum absolute atomic E-state index is 0.0777. The summed E-state index contributed by atoms with van der Waals surface area (Å²) in [5, 5.41) is 22.4. The van der Waals surface area contributed by atoms with Crippen LogP contribution >= 0.6 is 0 Å². The summed E-state index contributed by atoms with van der Waals surface area (Å²) < 4.78 is 21.1. The van der Waals surface area contributed by atoms with Gasteiger partial charge in [0.05, 0.1) is 42.3 Å². The summed E-state index contributed by atoms with van der Waals surface area (Å²) in [6.45, 7) is 8.03. The van der Waals surface area contributed by atoms with Gasteiger partial charge in [0.25, 0.3) is 0 Å². The Labute approximate surface area is 222 Å². The second kappa shape index (κ2) is 9.98. The van der Waals surface area contributed by atoms with Crippen molar-refractivity contribution in [2.45, 2.75) is 70.9 Å². The third-order valence-electron chi connectivity index (χ3n) is 7.57. The molecule has 0 spiro atoms. The van der Waals surface area contributed by atoms with E-state index in [0.29, 0.717) is 36.5 Å². The van der Waals surface area contributed by atoms with Gasteiger partial charge in [-0.3, -0.25) is 9.78 Å². The quantitative estimate of drug-likeness (QED) is 0.332. The molecule has 1 heterocycles. The van der Waals surface area contributed by atoms with Crippen LogP contribution in [0.3, 0.4) is 0 Å². The lowest BCUT2D eigenvalue weighted by Crippen LogP contribution is -2.21. The number of aromatic nitrogens is 2. The number of aliphatic hydroxyl groups is 1. The Morgan fingerprint density at radius 1 is 1.18 bits per heavy atom. The van der Waals surface area contributed by atoms with Crippen LogP contribution in [-0.4, -0.2) is 38.4 Å². The summed E-state index contributed by atoms with van der Waals surface area (Å²) in [7, 11) is 0. The van der Waals surface area contributed by atoms with E-state index in [4.69, 9.17) is 9.84 Å². The van der Waals surface area contributed by atoms with Crippen molar-refractivity contribution >= 4 is 11.8 Å². The number of hydrogen-bond acceptors (Lipinski definition) is 6. The summed E-state index contributed by atoms with van der Waals surface area (Å²) in [6, 6.07) is 7.17. The Morgan fingerprint density at radius 2 is 1.92 bits per heavy atom. The maximum atomic E-state index is 15.2. The van der Waals surface area contributed by atoms with Gasteiger partial charge in [-0.1, -0.05) is 6.07 Å². The topological polar surface area (TPSA) is 105 Å². The van der Waals surface area contributed by atoms with Crippen LogP contribution in [0.5, 0.6) is 5.75 Å². The van der Waals surface area contributed by atoms with E-state index in [2.05, 4.69) is 15.3 Å². The number of nitrogens with one attached hydrogen (secondary N) is 1. The Morgan fingerprint density at radius 3 is 2.53 bits per heavy atom. The van der Waals surface area contributed by atoms with Crippen LogP contribution in [0.2, 0.25) is 0 Å². The zero-order valence-corrected chi connectivity index (χ0v) is 22.2. The van der Waals surface area contributed by atoms with Crippen LogP contribution in [0, 0.1) is 25.6 Å². The van der Waals surface area contributed by atoms with Crippen molar-refractivity contribution in [1.82, 2.24) is 9.97 Å². The number of fused-ring (bicyclic) bond motifs is 1. The highest BCUT2D eigenvalue weighted by atomic mass is 19.1. The van der Waals surface area contributed by atoms with Crippen LogP contribution in [-0.2, 0) is 11.2 Å². The molecule has 3 N–H and O–H groups in total. The smallest absolute Gasteiger partial charge is 0.307 e. The first-order valence-corrected chi connectivity index (χ1v) is 13.1. The minimum Gasteiger partial charge on any atom is -0.493 e. The number of ether oxygens (including phenoxy) is 1. The number of carboxylic acid groups (broad SMARTS) is 1. The lowest BCUT2D eigenvalue weighted by atomic mass is 9.90. The molecule has 3 aromatic rings. The van der Waals surface area contributed by atoms with E-state index in [1.165, 1.54) is 6.07 Å². The van der Waals surface area contributed by atoms with E-state index in [0.717, 1.165) is 46.4 Å². The monoisotopic (exact) mass is 519 g/mol. The standard InChI is InChI=1S/C30H34FN3O4/c1-16-11-18(38-10-9-30(3,4)37)12-17(2)27(16)19-5-7-23(31)28-20(19)6-8-24(28)34-26-15-32-25(14-33-26)21-13-22(21)29(35)36/h5,7,11-12,14-15,21-22,24,37H,6,8-10,13H2,1-4H3,(H,33,34)(H,35,36)/t21-,22?,24-/m1/s1. The number of anilines is 1. The second-order valence-corrected chi connectivity index (χ2v) is 11.2. The molecule has 1 unspecified atom stereocenters. The highest BCUT2D eigenvalue weighted by molar-refractivity contribution is 5.77. The van der Waals surface area contributed by atoms with E-state index in [1.807, 2.05) is 32.0 Å². The molecule has 2 aliphatic rings. The fourth-order valence-electron chi connectivity index (χ4n) is 5.52. The van der Waals surface area contributed by atoms with Crippen molar-refractivity contribution in [2.75, 3.05) is 11.9 Å². The van der Waals surface area contributed by atoms with Gasteiger partial charge in [-0.25, -0.2) is 9.37 Å². The van der Waals surface area contributed by atoms with Gasteiger partial charge in [0.15, 0.2) is 0 Å². The Balaban J connectivity index is 1.36. The number of benzene rings is 2. The van der Waals surface area contributed by atoms with E-state index in [9.17, 15) is 9.90 Å². The number of rotatable bonds is 9. The number of nitrogens with zero attached hydrogens (tertiary/aromatic N) is 2. The van der Waals surface area contributed by atoms with Gasteiger partial charge in [0, 0.05) is 17.9 Å². The van der Waals surface area contributed by atoms with E-state index in [-0.39, 0.29) is 23.7 Å². The molecule has 1 fully saturated rings. The fourth-order valence-corrected chi connectivity index (χ4v) is 5.52. The zero-order chi connectivity index (χ0) is 27.2. The highest BCUT2D eigenvalue weighted by Crippen LogP contribution is 2.47. The molecule has 2 aromatic carbocycles. The molecule has 0 amide bonds. The van der Waals surface area contributed by atoms with E-state index >= 15 is 4.39 Å². The molecular weight excluding hydrogens is 485 g/mol. The van der Waals surface area contributed by atoms with Crippen LogP contribution in [0.1, 0.15) is 73.0 Å². The normalized spacial score (nSPS) is 20.2. The van der Waals surface area contributed by atoms with Crippen molar-refractivity contribution in [1.29, 1.82) is 0 Å². The summed E-state index contributed by atoms with van der Waals surface area (Å²) in [5.74, 6) is -0.194. The molecule has 0 aliphatic heterocycles. The molecule has 0 bridgehead atoms. The number of aliphatic carboxylic acids is 1. The number of halogens is 1. The second-order valence-electron chi connectivity index (χ2n) is 11.2. The van der Waals surface area contributed by atoms with Crippen LogP contribution in [0.15, 0.2) is 36.7 Å². The van der Waals surface area contributed by atoms with Crippen molar-refractivity contribution in [3.8, 4) is 16.9 Å². The van der Waals surface area contributed by atoms with Crippen LogP contribution in [0.4, 0.5) is 10.2 Å². The minimum atomic E-state index is -0.800. The SMILES string of the molecule is Cc1cc(OCCC(C)(C)O)cc(C)c1-c1ccc(F)c2c1CC[C@H]2Nc1cnc([C@@H]2CC2C(=O)O)cn1. The first kappa shape index (κ1) is 26.1. The summed E-state index contributed by atoms with van der Waals surface area (Å²) in [6.07, 6.45) is 5.81. The molecule has 200 valence electrons. The predicted octanol–water partition coefficient (Wildman–Crippen LogP) is 5.73. The van der Waals surface area contributed by atoms with Gasteiger partial charge < -0.3 is 20.3 Å². The summed E-state index contributed by atoms with van der Waals surface area (Å²) >= 11 is 0. The van der Waals surface area contributed by atoms with Crippen molar-refractivity contribution in [3.63, 3.8) is 0 Å². The third kappa shape index (κ3) is 5.36. The molecule has 2 aliphatic carbocycles. The first-order valence-electron chi connectivity index (χ1n) is 13.1. The molecule has 38 heavy (non-hydrogen) atoms. The number of carboxylic acids is 1. The Bertz CT molecular complexity index is 1340. The van der Waals surface area contributed by atoms with E-state index in [1.54, 1.807) is 26.2 Å². The summed E-state index contributed by atoms with van der Waals surface area (Å²) in [5.41, 5.74) is 5.77. The van der Waals surface area contributed by atoms with Crippen molar-refractivity contribution in [2.24, 2.45) is 5.92 Å². The van der Waals surface area contributed by atoms with Gasteiger partial charge in [0.2, 0.25) is 0 Å². The van der Waals surface area contributed by atoms with Gasteiger partial charge in [0.1, 0.15) is 17.4 Å². The fraction of sp³-hybridized carbons (Fsp3) is 0.433. The van der Waals surface area contributed by atoms with Gasteiger partial charge >= 0.3 is 5.97 Å². The largest absolute Gasteiger partial charge is 0.493 e. The summed E-state index contributed by atoms with van der Waals surface area (Å²) in [4.78, 5) is 20.0. The first-order chi connectivity index (χ1) is 18.0. The lowest BCUT2D eigenvalue weighted by molar-refractivity contribution is -0.138. The maximum Gasteiger partial charge on any atom is 0.307 e.